The fraction of sp³-hybridized carbons (Fsp3) is 0.238. The second kappa shape index (κ2) is 9.40. The summed E-state index contributed by atoms with van der Waals surface area (Å²) in [5.41, 5.74) is 1.05. The van der Waals surface area contributed by atoms with Crippen LogP contribution in [0, 0.1) is 0 Å². The van der Waals surface area contributed by atoms with Gasteiger partial charge in [0.1, 0.15) is 5.75 Å². The van der Waals surface area contributed by atoms with E-state index in [0.717, 1.165) is 11.3 Å². The van der Waals surface area contributed by atoms with Gasteiger partial charge in [0.05, 0.1) is 29.3 Å². The second-order valence-electron chi connectivity index (χ2n) is 6.56. The Labute approximate surface area is 173 Å². The van der Waals surface area contributed by atoms with Crippen molar-refractivity contribution in [1.82, 2.24) is 10.2 Å². The Hall–Kier alpha value is -3.10. The maximum Gasteiger partial charge on any atom is 0.291 e. The van der Waals surface area contributed by atoms with Crippen LogP contribution in [0.3, 0.4) is 0 Å². The molecule has 0 fully saturated rings. The summed E-state index contributed by atoms with van der Waals surface area (Å²) in [6, 6.07) is 14.4. The Balaban J connectivity index is 1.62. The normalized spacial score (nSPS) is 11.9. The fourth-order valence-corrected chi connectivity index (χ4v) is 3.65. The van der Waals surface area contributed by atoms with Crippen LogP contribution in [0.2, 0.25) is 0 Å². The second-order valence-corrected chi connectivity index (χ2v) is 7.65. The van der Waals surface area contributed by atoms with E-state index in [0.29, 0.717) is 16.4 Å². The van der Waals surface area contributed by atoms with Crippen LogP contribution in [-0.2, 0) is 0 Å². The molecule has 2 N–H and O–H groups in total. The SMILES string of the molecule is COc1cccc([C@@H](CNC(=O)c2ccc(NC(=O)c3ccco3)s2)N(C)C)c1. The van der Waals surface area contributed by atoms with E-state index in [1.165, 1.54) is 17.6 Å². The minimum absolute atomic E-state index is 0.00728. The average Bonchev–Trinajstić information content (AvgIpc) is 3.40. The van der Waals surface area contributed by atoms with Crippen LogP contribution < -0.4 is 15.4 Å². The predicted molar refractivity (Wildman–Crippen MR) is 113 cm³/mol. The van der Waals surface area contributed by atoms with Crippen LogP contribution in [0.4, 0.5) is 5.00 Å². The Bertz CT molecular complexity index is 966. The number of thiophene rings is 1. The molecule has 0 aliphatic carbocycles. The summed E-state index contributed by atoms with van der Waals surface area (Å²) in [6.45, 7) is 0.436. The van der Waals surface area contributed by atoms with Crippen molar-refractivity contribution in [2.75, 3.05) is 33.1 Å². The van der Waals surface area contributed by atoms with Crippen LogP contribution in [0.5, 0.6) is 5.75 Å². The molecule has 3 aromatic rings. The highest BCUT2D eigenvalue weighted by Gasteiger charge is 2.18. The topological polar surface area (TPSA) is 83.8 Å². The standard InChI is InChI=1S/C21H23N3O4S/c1-24(2)16(14-6-4-7-15(12-14)27-3)13-22-21(26)18-9-10-19(29-18)23-20(25)17-8-5-11-28-17/h4-12,16H,13H2,1-3H3,(H,22,26)(H,23,25)/t16-/m1/s1. The van der Waals surface area contributed by atoms with Crippen LogP contribution in [-0.4, -0.2) is 44.5 Å². The average molecular weight is 413 g/mol. The first-order chi connectivity index (χ1) is 14.0. The van der Waals surface area contributed by atoms with Gasteiger partial charge in [-0.05, 0) is 56.1 Å². The number of furan rings is 1. The molecule has 152 valence electrons. The molecule has 0 unspecified atom stereocenters. The molecule has 8 heteroatoms. The van der Waals surface area contributed by atoms with E-state index in [-0.39, 0.29) is 23.6 Å². The summed E-state index contributed by atoms with van der Waals surface area (Å²) in [7, 11) is 5.55. The number of hydrogen-bond acceptors (Lipinski definition) is 6. The lowest BCUT2D eigenvalue weighted by Gasteiger charge is -2.25. The van der Waals surface area contributed by atoms with Gasteiger partial charge in [-0.3, -0.25) is 9.59 Å². The molecule has 2 aromatic heterocycles. The van der Waals surface area contributed by atoms with Crippen molar-refractivity contribution in [2.45, 2.75) is 6.04 Å². The van der Waals surface area contributed by atoms with E-state index in [4.69, 9.17) is 9.15 Å². The van der Waals surface area contributed by atoms with Gasteiger partial charge in [0, 0.05) is 6.54 Å². The first-order valence-corrected chi connectivity index (χ1v) is 9.83. The number of nitrogens with zero attached hydrogens (tertiary/aromatic N) is 1. The Kier molecular flexibility index (Phi) is 6.69. The molecule has 3 rings (SSSR count). The highest BCUT2D eigenvalue weighted by atomic mass is 32.1. The minimum Gasteiger partial charge on any atom is -0.497 e. The molecule has 2 amide bonds. The largest absolute Gasteiger partial charge is 0.497 e. The van der Waals surface area contributed by atoms with Gasteiger partial charge in [0.25, 0.3) is 11.8 Å². The van der Waals surface area contributed by atoms with E-state index in [1.54, 1.807) is 31.4 Å². The molecule has 0 saturated carbocycles. The molecule has 0 bridgehead atoms. The monoisotopic (exact) mass is 413 g/mol. The van der Waals surface area contributed by atoms with Crippen molar-refractivity contribution >= 4 is 28.2 Å². The molecule has 29 heavy (non-hydrogen) atoms. The smallest absolute Gasteiger partial charge is 0.291 e. The maximum absolute atomic E-state index is 12.6. The van der Waals surface area contributed by atoms with Gasteiger partial charge in [0.15, 0.2) is 5.76 Å². The molecular formula is C21H23N3O4S. The Morgan fingerprint density at radius 2 is 1.97 bits per heavy atom. The van der Waals surface area contributed by atoms with Crippen molar-refractivity contribution in [1.29, 1.82) is 0 Å². The van der Waals surface area contributed by atoms with Gasteiger partial charge in [-0.15, -0.1) is 11.3 Å². The summed E-state index contributed by atoms with van der Waals surface area (Å²) in [6.07, 6.45) is 1.44. The van der Waals surface area contributed by atoms with Crippen LogP contribution >= 0.6 is 11.3 Å². The van der Waals surface area contributed by atoms with Crippen LogP contribution in [0.25, 0.3) is 0 Å². The van der Waals surface area contributed by atoms with E-state index in [1.807, 2.05) is 43.3 Å². The Morgan fingerprint density at radius 3 is 2.66 bits per heavy atom. The quantitative estimate of drug-likeness (QED) is 0.589. The zero-order valence-electron chi connectivity index (χ0n) is 16.5. The van der Waals surface area contributed by atoms with E-state index in [9.17, 15) is 9.59 Å². The lowest BCUT2D eigenvalue weighted by atomic mass is 10.1. The molecule has 0 aliphatic heterocycles. The van der Waals surface area contributed by atoms with Gasteiger partial charge < -0.3 is 24.7 Å². The minimum atomic E-state index is -0.352. The van der Waals surface area contributed by atoms with Crippen LogP contribution in [0.1, 0.15) is 31.8 Å². The molecule has 0 radical (unpaired) electrons. The summed E-state index contributed by atoms with van der Waals surface area (Å²) in [4.78, 5) is 27.2. The highest BCUT2D eigenvalue weighted by Crippen LogP contribution is 2.24. The van der Waals surface area contributed by atoms with Crippen molar-refractivity contribution in [3.63, 3.8) is 0 Å². The van der Waals surface area contributed by atoms with E-state index >= 15 is 0 Å². The highest BCUT2D eigenvalue weighted by molar-refractivity contribution is 7.18. The molecule has 1 atom stereocenters. The van der Waals surface area contributed by atoms with Crippen molar-refractivity contribution < 1.29 is 18.7 Å². The fourth-order valence-electron chi connectivity index (χ4n) is 2.83. The molecule has 1 aromatic carbocycles. The lowest BCUT2D eigenvalue weighted by molar-refractivity contribution is 0.0944. The van der Waals surface area contributed by atoms with Gasteiger partial charge in [-0.1, -0.05) is 12.1 Å². The first kappa shape index (κ1) is 20.6. The molecule has 0 spiro atoms. The zero-order valence-corrected chi connectivity index (χ0v) is 17.3. The number of carbonyl (C=O) groups excluding carboxylic acids is 2. The van der Waals surface area contributed by atoms with Gasteiger partial charge in [-0.2, -0.15) is 0 Å². The zero-order chi connectivity index (χ0) is 20.8. The lowest BCUT2D eigenvalue weighted by Crippen LogP contribution is -2.34. The van der Waals surface area contributed by atoms with E-state index < -0.39 is 0 Å². The third-order valence-electron chi connectivity index (χ3n) is 4.37. The number of carbonyl (C=O) groups is 2. The van der Waals surface area contributed by atoms with Gasteiger partial charge >= 0.3 is 0 Å². The summed E-state index contributed by atoms with van der Waals surface area (Å²) >= 11 is 1.21. The number of hydrogen-bond donors (Lipinski definition) is 2. The van der Waals surface area contributed by atoms with Gasteiger partial charge in [0.2, 0.25) is 0 Å². The number of rotatable bonds is 8. The molecule has 2 heterocycles. The summed E-state index contributed by atoms with van der Waals surface area (Å²) < 4.78 is 10.4. The number of amides is 2. The van der Waals surface area contributed by atoms with Crippen molar-refractivity contribution in [3.8, 4) is 5.75 Å². The number of methoxy groups -OCH3 is 1. The number of nitrogens with one attached hydrogen (secondary N) is 2. The molecule has 0 aliphatic rings. The third-order valence-corrected chi connectivity index (χ3v) is 5.37. The summed E-state index contributed by atoms with van der Waals surface area (Å²) in [5.74, 6) is 0.449. The number of likely N-dealkylation sites (N-methyl/N-ethyl adjacent to an activating group) is 1. The first-order valence-electron chi connectivity index (χ1n) is 9.01. The predicted octanol–water partition coefficient (Wildman–Crippen LogP) is 3.63. The number of anilines is 1. The molecule has 0 saturated heterocycles. The van der Waals surface area contributed by atoms with E-state index in [2.05, 4.69) is 10.6 Å². The molecular weight excluding hydrogens is 390 g/mol. The summed E-state index contributed by atoms with van der Waals surface area (Å²) in [5, 5.41) is 6.27. The molecule has 7 nitrogen and oxygen atoms in total. The van der Waals surface area contributed by atoms with Gasteiger partial charge in [-0.25, -0.2) is 0 Å². The maximum atomic E-state index is 12.6. The number of ether oxygens (including phenoxy) is 1. The van der Waals surface area contributed by atoms with Crippen molar-refractivity contribution in [2.24, 2.45) is 0 Å². The van der Waals surface area contributed by atoms with Crippen molar-refractivity contribution in [3.05, 3.63) is 71.0 Å². The third kappa shape index (κ3) is 5.24. The Morgan fingerprint density at radius 1 is 1.14 bits per heavy atom. The van der Waals surface area contributed by atoms with Crippen LogP contribution in [0.15, 0.2) is 59.2 Å². The number of benzene rings is 1.